The van der Waals surface area contributed by atoms with Crippen LogP contribution in [0.3, 0.4) is 0 Å². The molecule has 2 amide bonds. The minimum atomic E-state index is -0.356. The van der Waals surface area contributed by atoms with Gasteiger partial charge in [0.1, 0.15) is 6.04 Å². The predicted octanol–water partition coefficient (Wildman–Crippen LogP) is 0.160. The Morgan fingerprint density at radius 1 is 1.32 bits per heavy atom. The van der Waals surface area contributed by atoms with Crippen LogP contribution in [0.4, 0.5) is 0 Å². The lowest BCUT2D eigenvalue weighted by Gasteiger charge is -2.43. The number of aliphatic hydroxyl groups excluding tert-OH is 1. The van der Waals surface area contributed by atoms with Gasteiger partial charge in [0.2, 0.25) is 11.8 Å². The molecule has 0 aliphatic carbocycles. The van der Waals surface area contributed by atoms with E-state index in [4.69, 9.17) is 0 Å². The van der Waals surface area contributed by atoms with E-state index in [1.807, 2.05) is 25.9 Å². The Kier molecular flexibility index (Phi) is 5.45. The average molecular weight is 311 g/mol. The van der Waals surface area contributed by atoms with Crippen molar-refractivity contribution in [1.29, 1.82) is 0 Å². The van der Waals surface area contributed by atoms with Gasteiger partial charge < -0.3 is 19.8 Å². The van der Waals surface area contributed by atoms with Crippen molar-refractivity contribution in [2.45, 2.75) is 38.6 Å². The normalized spacial score (nSPS) is 23.2. The lowest BCUT2D eigenvalue weighted by atomic mass is 9.78. The van der Waals surface area contributed by atoms with E-state index >= 15 is 0 Å². The second kappa shape index (κ2) is 6.96. The van der Waals surface area contributed by atoms with Crippen molar-refractivity contribution < 1.29 is 14.7 Å². The molecular weight excluding hydrogens is 282 g/mol. The summed E-state index contributed by atoms with van der Waals surface area (Å²) in [6.07, 6.45) is 3.04. The van der Waals surface area contributed by atoms with Crippen molar-refractivity contribution in [1.82, 2.24) is 14.7 Å². The van der Waals surface area contributed by atoms with Crippen LogP contribution >= 0.6 is 0 Å². The highest BCUT2D eigenvalue weighted by Crippen LogP contribution is 2.32. The number of aliphatic hydroxyl groups is 1. The number of carbonyl (C=O) groups excluding carboxylic acids is 2. The Bertz CT molecular complexity index is 417. The maximum atomic E-state index is 12.6. The van der Waals surface area contributed by atoms with Gasteiger partial charge in [0.15, 0.2) is 0 Å². The van der Waals surface area contributed by atoms with Gasteiger partial charge in [0.25, 0.3) is 0 Å². The highest BCUT2D eigenvalue weighted by atomic mass is 16.3. The monoisotopic (exact) mass is 311 g/mol. The smallest absolute Gasteiger partial charge is 0.245 e. The number of nitrogens with zero attached hydrogens (tertiary/aromatic N) is 3. The largest absolute Gasteiger partial charge is 0.396 e. The summed E-state index contributed by atoms with van der Waals surface area (Å²) in [7, 11) is 4.02. The molecule has 2 saturated heterocycles. The first-order valence-electron chi connectivity index (χ1n) is 8.22. The molecule has 0 aromatic heterocycles. The SMILES string of the molecule is C[C@H](C(=O)N1CCC(CO)(CN(C)C)CC1)N1CCCC1=O. The molecule has 0 aromatic carbocycles. The topological polar surface area (TPSA) is 64.1 Å². The summed E-state index contributed by atoms with van der Waals surface area (Å²) in [5, 5.41) is 9.75. The standard InChI is InChI=1S/C16H29N3O3/c1-13(19-8-4-5-14(19)21)15(22)18-9-6-16(12-20,7-10-18)11-17(2)3/h13,20H,4-12H2,1-3H3/t13-/m1/s1. The Labute approximate surface area is 133 Å². The Balaban J connectivity index is 1.93. The number of carbonyl (C=O) groups is 2. The van der Waals surface area contributed by atoms with Gasteiger partial charge in [-0.25, -0.2) is 0 Å². The Hall–Kier alpha value is -1.14. The molecule has 6 heteroatoms. The second-order valence-electron chi connectivity index (χ2n) is 7.09. The Morgan fingerprint density at radius 3 is 2.41 bits per heavy atom. The lowest BCUT2D eigenvalue weighted by Crippen LogP contribution is -2.53. The number of piperidine rings is 1. The fraction of sp³-hybridized carbons (Fsp3) is 0.875. The predicted molar refractivity (Wildman–Crippen MR) is 84.3 cm³/mol. The van der Waals surface area contributed by atoms with Crippen molar-refractivity contribution in [3.63, 3.8) is 0 Å². The van der Waals surface area contributed by atoms with Crippen molar-refractivity contribution in [3.05, 3.63) is 0 Å². The molecule has 0 unspecified atom stereocenters. The summed E-state index contributed by atoms with van der Waals surface area (Å²) in [4.78, 5) is 30.1. The van der Waals surface area contributed by atoms with E-state index in [1.165, 1.54) is 0 Å². The van der Waals surface area contributed by atoms with Gasteiger partial charge in [-0.3, -0.25) is 9.59 Å². The first-order chi connectivity index (χ1) is 10.4. The van der Waals surface area contributed by atoms with Crippen LogP contribution in [-0.4, -0.2) is 84.5 Å². The molecular formula is C16H29N3O3. The molecule has 0 radical (unpaired) electrons. The van der Waals surface area contributed by atoms with E-state index in [9.17, 15) is 14.7 Å². The van der Waals surface area contributed by atoms with Gasteiger partial charge >= 0.3 is 0 Å². The zero-order chi connectivity index (χ0) is 16.3. The molecule has 1 atom stereocenters. The fourth-order valence-corrected chi connectivity index (χ4v) is 3.71. The second-order valence-corrected chi connectivity index (χ2v) is 7.09. The van der Waals surface area contributed by atoms with Gasteiger partial charge in [-0.05, 0) is 40.3 Å². The third kappa shape index (κ3) is 3.60. The van der Waals surface area contributed by atoms with Crippen LogP contribution in [0.25, 0.3) is 0 Å². The molecule has 0 bridgehead atoms. The molecule has 126 valence electrons. The van der Waals surface area contributed by atoms with Crippen LogP contribution in [0, 0.1) is 5.41 Å². The summed E-state index contributed by atoms with van der Waals surface area (Å²) in [6.45, 7) is 4.86. The quantitative estimate of drug-likeness (QED) is 0.785. The molecule has 2 rings (SSSR count). The number of hydrogen-bond acceptors (Lipinski definition) is 4. The van der Waals surface area contributed by atoms with Crippen molar-refractivity contribution in [3.8, 4) is 0 Å². The van der Waals surface area contributed by atoms with E-state index in [1.54, 1.807) is 4.90 Å². The highest BCUT2D eigenvalue weighted by molar-refractivity contribution is 5.88. The van der Waals surface area contributed by atoms with Gasteiger partial charge in [-0.1, -0.05) is 0 Å². The van der Waals surface area contributed by atoms with Gasteiger partial charge in [-0.2, -0.15) is 0 Å². The highest BCUT2D eigenvalue weighted by Gasteiger charge is 2.38. The summed E-state index contributed by atoms with van der Waals surface area (Å²) >= 11 is 0. The first-order valence-corrected chi connectivity index (χ1v) is 8.22. The van der Waals surface area contributed by atoms with Crippen LogP contribution in [0.2, 0.25) is 0 Å². The van der Waals surface area contributed by atoms with Gasteiger partial charge in [0.05, 0.1) is 6.61 Å². The number of hydrogen-bond donors (Lipinski definition) is 1. The molecule has 0 spiro atoms. The van der Waals surface area contributed by atoms with Crippen molar-refractivity contribution >= 4 is 11.8 Å². The first kappa shape index (κ1) is 17.2. The van der Waals surface area contributed by atoms with E-state index in [0.717, 1.165) is 25.8 Å². The molecule has 1 N–H and O–H groups in total. The number of likely N-dealkylation sites (tertiary alicyclic amines) is 2. The van der Waals surface area contributed by atoms with E-state index in [-0.39, 0.29) is 29.9 Å². The molecule has 22 heavy (non-hydrogen) atoms. The van der Waals surface area contributed by atoms with Crippen molar-refractivity contribution in [2.24, 2.45) is 5.41 Å². The third-order valence-corrected chi connectivity index (χ3v) is 5.06. The molecule has 6 nitrogen and oxygen atoms in total. The van der Waals surface area contributed by atoms with Gasteiger partial charge in [-0.15, -0.1) is 0 Å². The molecule has 2 heterocycles. The summed E-state index contributed by atoms with van der Waals surface area (Å²) in [6, 6.07) is -0.356. The fourth-order valence-electron chi connectivity index (χ4n) is 3.71. The number of amides is 2. The van der Waals surface area contributed by atoms with Gasteiger partial charge in [0, 0.05) is 38.0 Å². The average Bonchev–Trinajstić information content (AvgIpc) is 2.92. The molecule has 0 aromatic rings. The van der Waals surface area contributed by atoms with Crippen LogP contribution in [0.15, 0.2) is 0 Å². The minimum Gasteiger partial charge on any atom is -0.396 e. The molecule has 0 saturated carbocycles. The van der Waals surface area contributed by atoms with Crippen LogP contribution in [-0.2, 0) is 9.59 Å². The van der Waals surface area contributed by atoms with E-state index < -0.39 is 0 Å². The molecule has 2 fully saturated rings. The molecule has 2 aliphatic rings. The van der Waals surface area contributed by atoms with Crippen molar-refractivity contribution in [2.75, 3.05) is 46.9 Å². The summed E-state index contributed by atoms with van der Waals surface area (Å²) in [5.74, 6) is 0.141. The zero-order valence-corrected chi connectivity index (χ0v) is 14.0. The third-order valence-electron chi connectivity index (χ3n) is 5.06. The Morgan fingerprint density at radius 2 is 1.95 bits per heavy atom. The van der Waals surface area contributed by atoms with Crippen LogP contribution < -0.4 is 0 Å². The maximum Gasteiger partial charge on any atom is 0.245 e. The lowest BCUT2D eigenvalue weighted by molar-refractivity contribution is -0.145. The summed E-state index contributed by atoms with van der Waals surface area (Å²) < 4.78 is 0. The minimum absolute atomic E-state index is 0.0478. The molecule has 2 aliphatic heterocycles. The van der Waals surface area contributed by atoms with Crippen LogP contribution in [0.1, 0.15) is 32.6 Å². The van der Waals surface area contributed by atoms with E-state index in [2.05, 4.69) is 4.90 Å². The van der Waals surface area contributed by atoms with Crippen LogP contribution in [0.5, 0.6) is 0 Å². The summed E-state index contributed by atoms with van der Waals surface area (Å²) in [5.41, 5.74) is -0.104. The maximum absolute atomic E-state index is 12.6. The van der Waals surface area contributed by atoms with E-state index in [0.29, 0.717) is 26.1 Å². The zero-order valence-electron chi connectivity index (χ0n) is 14.0. The number of rotatable bonds is 5.